The van der Waals surface area contributed by atoms with Crippen molar-refractivity contribution >= 4 is 34.6 Å². The quantitative estimate of drug-likeness (QED) is 0.553. The molecule has 2 heterocycles. The number of ketones is 1. The Morgan fingerprint density at radius 1 is 0.969 bits per heavy atom. The van der Waals surface area contributed by atoms with Crippen molar-refractivity contribution in [3.63, 3.8) is 0 Å². The summed E-state index contributed by atoms with van der Waals surface area (Å²) in [5, 5.41) is 4.61. The van der Waals surface area contributed by atoms with E-state index < -0.39 is 0 Å². The lowest BCUT2D eigenvalue weighted by Crippen LogP contribution is -2.38. The molecule has 32 heavy (non-hydrogen) atoms. The van der Waals surface area contributed by atoms with Gasteiger partial charge in [0.2, 0.25) is 11.7 Å². The highest BCUT2D eigenvalue weighted by molar-refractivity contribution is 7.12. The van der Waals surface area contributed by atoms with E-state index in [1.54, 1.807) is 61.5 Å². The molecule has 0 fully saturated rings. The van der Waals surface area contributed by atoms with Crippen molar-refractivity contribution in [3.8, 4) is 11.5 Å². The summed E-state index contributed by atoms with van der Waals surface area (Å²) in [6, 6.07) is 15.4. The summed E-state index contributed by atoms with van der Waals surface area (Å²) in [5.41, 5.74) is 1.15. The molecule has 0 saturated carbocycles. The van der Waals surface area contributed by atoms with Crippen molar-refractivity contribution in [2.75, 3.05) is 31.6 Å². The first kappa shape index (κ1) is 21.6. The fourth-order valence-corrected chi connectivity index (χ4v) is 4.08. The highest BCUT2D eigenvalue weighted by Gasteiger charge is 2.24. The number of anilines is 1. The Bertz CT molecular complexity index is 1140. The van der Waals surface area contributed by atoms with E-state index in [0.29, 0.717) is 47.4 Å². The number of nitrogens with one attached hydrogen (secondary N) is 1. The number of rotatable bonds is 7. The van der Waals surface area contributed by atoms with Crippen molar-refractivity contribution in [2.24, 2.45) is 0 Å². The number of nitrogens with zero attached hydrogens (tertiary/aromatic N) is 1. The summed E-state index contributed by atoms with van der Waals surface area (Å²) in [6.45, 7) is 2.90. The van der Waals surface area contributed by atoms with E-state index in [2.05, 4.69) is 5.32 Å². The number of hydrogen-bond donors (Lipinski definition) is 1. The largest absolute Gasteiger partial charge is 0.486 e. The number of likely N-dealkylation sites (N-methyl/N-ethyl adjacent to an activating group) is 1. The minimum Gasteiger partial charge on any atom is -0.486 e. The summed E-state index contributed by atoms with van der Waals surface area (Å²) in [7, 11) is 0. The van der Waals surface area contributed by atoms with Gasteiger partial charge in [0.05, 0.1) is 10.4 Å². The molecule has 2 aromatic carbocycles. The third-order valence-corrected chi connectivity index (χ3v) is 5.85. The van der Waals surface area contributed by atoms with Crippen LogP contribution in [0.25, 0.3) is 0 Å². The predicted octanol–water partition coefficient (Wildman–Crippen LogP) is 3.85. The fourth-order valence-electron chi connectivity index (χ4n) is 3.40. The van der Waals surface area contributed by atoms with Crippen LogP contribution < -0.4 is 14.8 Å². The van der Waals surface area contributed by atoms with Crippen LogP contribution in [0.3, 0.4) is 0 Å². The monoisotopic (exact) mass is 450 g/mol. The Morgan fingerprint density at radius 2 is 1.72 bits per heavy atom. The van der Waals surface area contributed by atoms with Crippen LogP contribution in [0, 0.1) is 0 Å². The first-order valence-electron chi connectivity index (χ1n) is 10.2. The molecule has 0 radical (unpaired) electrons. The van der Waals surface area contributed by atoms with E-state index in [4.69, 9.17) is 9.47 Å². The highest BCUT2D eigenvalue weighted by atomic mass is 32.1. The SMILES string of the molecule is CCN(CC(=O)Nc1ccc2c(c1)OCCO2)C(=O)c1ccccc1C(=O)c1cccs1. The minimum absolute atomic E-state index is 0.148. The topological polar surface area (TPSA) is 84.9 Å². The Kier molecular flexibility index (Phi) is 6.51. The summed E-state index contributed by atoms with van der Waals surface area (Å²) in [6.07, 6.45) is 0. The van der Waals surface area contributed by atoms with E-state index in [-0.39, 0.29) is 29.7 Å². The lowest BCUT2D eigenvalue weighted by atomic mass is 10.0. The molecule has 1 aliphatic heterocycles. The Hall–Kier alpha value is -3.65. The van der Waals surface area contributed by atoms with Gasteiger partial charge in [-0.15, -0.1) is 11.3 Å². The fraction of sp³-hybridized carbons (Fsp3) is 0.208. The second-order valence-electron chi connectivity index (χ2n) is 7.08. The highest BCUT2D eigenvalue weighted by Crippen LogP contribution is 2.32. The normalized spacial score (nSPS) is 12.2. The molecule has 8 heteroatoms. The molecule has 1 aromatic heterocycles. The lowest BCUT2D eigenvalue weighted by molar-refractivity contribution is -0.116. The second kappa shape index (κ2) is 9.65. The summed E-state index contributed by atoms with van der Waals surface area (Å²) >= 11 is 1.32. The maximum atomic E-state index is 13.2. The molecule has 2 amide bonds. The molecule has 0 aliphatic carbocycles. The van der Waals surface area contributed by atoms with Crippen LogP contribution in [0.1, 0.15) is 32.5 Å². The third-order valence-electron chi connectivity index (χ3n) is 4.98. The van der Waals surface area contributed by atoms with Crippen molar-refractivity contribution in [1.29, 1.82) is 0 Å². The number of fused-ring (bicyclic) bond motifs is 1. The zero-order chi connectivity index (χ0) is 22.5. The summed E-state index contributed by atoms with van der Waals surface area (Å²) in [4.78, 5) is 40.7. The van der Waals surface area contributed by atoms with E-state index in [1.165, 1.54) is 16.2 Å². The standard InChI is InChI=1S/C24H22N2O5S/c1-2-26(15-22(27)25-16-9-10-19-20(14-16)31-12-11-30-19)24(29)18-7-4-3-6-17(18)23(28)21-8-5-13-32-21/h3-10,13-14H,2,11-12,15H2,1H3,(H,25,27). The number of thiophene rings is 1. The van der Waals surface area contributed by atoms with E-state index >= 15 is 0 Å². The molecule has 7 nitrogen and oxygen atoms in total. The molecular formula is C24H22N2O5S. The predicted molar refractivity (Wildman–Crippen MR) is 122 cm³/mol. The Morgan fingerprint density at radius 3 is 2.44 bits per heavy atom. The van der Waals surface area contributed by atoms with Crippen molar-refractivity contribution in [1.82, 2.24) is 4.90 Å². The van der Waals surface area contributed by atoms with Gasteiger partial charge in [-0.3, -0.25) is 14.4 Å². The molecule has 1 aliphatic rings. The van der Waals surface area contributed by atoms with E-state index in [9.17, 15) is 14.4 Å². The zero-order valence-corrected chi connectivity index (χ0v) is 18.3. The molecule has 0 saturated heterocycles. The Balaban J connectivity index is 1.48. The van der Waals surface area contributed by atoms with E-state index in [1.807, 2.05) is 5.38 Å². The number of benzene rings is 2. The molecule has 0 unspecified atom stereocenters. The smallest absolute Gasteiger partial charge is 0.255 e. The number of carbonyl (C=O) groups is 3. The lowest BCUT2D eigenvalue weighted by Gasteiger charge is -2.22. The molecule has 3 aromatic rings. The van der Waals surface area contributed by atoms with Crippen LogP contribution in [-0.2, 0) is 4.79 Å². The number of carbonyl (C=O) groups excluding carboxylic acids is 3. The first-order chi connectivity index (χ1) is 15.6. The van der Waals surface area contributed by atoms with E-state index in [0.717, 1.165) is 0 Å². The molecule has 1 N–H and O–H groups in total. The third kappa shape index (κ3) is 4.65. The maximum Gasteiger partial charge on any atom is 0.255 e. The van der Waals surface area contributed by atoms with Crippen LogP contribution in [-0.4, -0.2) is 48.8 Å². The molecule has 4 rings (SSSR count). The maximum absolute atomic E-state index is 13.2. The Labute approximate surface area is 189 Å². The van der Waals surface area contributed by atoms with Gasteiger partial charge in [0.15, 0.2) is 11.5 Å². The van der Waals surface area contributed by atoms with Crippen molar-refractivity contribution in [2.45, 2.75) is 6.92 Å². The van der Waals surface area contributed by atoms with Gasteiger partial charge >= 0.3 is 0 Å². The summed E-state index contributed by atoms with van der Waals surface area (Å²) in [5.74, 6) is 0.273. The van der Waals surface area contributed by atoms with Crippen LogP contribution in [0.2, 0.25) is 0 Å². The van der Waals surface area contributed by atoms with Crippen LogP contribution >= 0.6 is 11.3 Å². The van der Waals surface area contributed by atoms with Gasteiger partial charge in [0.25, 0.3) is 5.91 Å². The van der Waals surface area contributed by atoms with Gasteiger partial charge in [-0.2, -0.15) is 0 Å². The van der Waals surface area contributed by atoms with Crippen LogP contribution in [0.4, 0.5) is 5.69 Å². The van der Waals surface area contributed by atoms with Gasteiger partial charge in [-0.25, -0.2) is 0 Å². The van der Waals surface area contributed by atoms with Gasteiger partial charge in [0, 0.05) is 23.9 Å². The van der Waals surface area contributed by atoms with Crippen molar-refractivity contribution < 1.29 is 23.9 Å². The number of amides is 2. The average Bonchev–Trinajstić information content (AvgIpc) is 3.36. The number of ether oxygens (including phenoxy) is 2. The van der Waals surface area contributed by atoms with Gasteiger partial charge in [-0.05, 0) is 36.6 Å². The van der Waals surface area contributed by atoms with Crippen LogP contribution in [0.5, 0.6) is 11.5 Å². The van der Waals surface area contributed by atoms with Gasteiger partial charge in [-0.1, -0.05) is 24.3 Å². The molecular weight excluding hydrogens is 428 g/mol. The average molecular weight is 451 g/mol. The van der Waals surface area contributed by atoms with Gasteiger partial charge < -0.3 is 19.7 Å². The first-order valence-corrected chi connectivity index (χ1v) is 11.1. The zero-order valence-electron chi connectivity index (χ0n) is 17.5. The molecule has 164 valence electrons. The molecule has 0 spiro atoms. The van der Waals surface area contributed by atoms with Crippen LogP contribution in [0.15, 0.2) is 60.0 Å². The molecule has 0 atom stereocenters. The van der Waals surface area contributed by atoms with Gasteiger partial charge in [0.1, 0.15) is 19.8 Å². The number of hydrogen-bond acceptors (Lipinski definition) is 6. The minimum atomic E-state index is -0.370. The van der Waals surface area contributed by atoms with Crippen molar-refractivity contribution in [3.05, 3.63) is 76.0 Å². The summed E-state index contributed by atoms with van der Waals surface area (Å²) < 4.78 is 11.0. The molecule has 0 bridgehead atoms. The second-order valence-corrected chi connectivity index (χ2v) is 8.03.